The van der Waals surface area contributed by atoms with Gasteiger partial charge in [-0.25, -0.2) is 0 Å². The molecule has 90 valence electrons. The van der Waals surface area contributed by atoms with Crippen molar-refractivity contribution in [3.05, 3.63) is 45.9 Å². The van der Waals surface area contributed by atoms with E-state index in [9.17, 15) is 9.59 Å². The fourth-order valence-corrected chi connectivity index (χ4v) is 1.82. The molecule has 0 atom stereocenters. The van der Waals surface area contributed by atoms with Gasteiger partial charge in [-0.2, -0.15) is 0 Å². The topological polar surface area (TPSA) is 62.0 Å². The molecule has 1 amide bonds. The van der Waals surface area contributed by atoms with Gasteiger partial charge in [-0.15, -0.1) is 0 Å². The number of carbonyl (C=O) groups is 1. The van der Waals surface area contributed by atoms with E-state index in [0.29, 0.717) is 11.5 Å². The van der Waals surface area contributed by atoms with Crippen LogP contribution in [0.2, 0.25) is 0 Å². The molecule has 1 fully saturated rings. The van der Waals surface area contributed by atoms with Crippen LogP contribution in [0.1, 0.15) is 35.6 Å². The Morgan fingerprint density at radius 1 is 1.65 bits per heavy atom. The van der Waals surface area contributed by atoms with Gasteiger partial charge in [-0.3, -0.25) is 9.59 Å². The van der Waals surface area contributed by atoms with Crippen molar-refractivity contribution in [2.45, 2.75) is 32.2 Å². The number of pyridine rings is 1. The van der Waals surface area contributed by atoms with Gasteiger partial charge in [-0.1, -0.05) is 6.58 Å². The normalized spacial score (nSPS) is 14.4. The third kappa shape index (κ3) is 2.64. The summed E-state index contributed by atoms with van der Waals surface area (Å²) in [7, 11) is 0. The molecule has 0 spiro atoms. The van der Waals surface area contributed by atoms with E-state index in [1.54, 1.807) is 0 Å². The first kappa shape index (κ1) is 11.6. The number of aromatic nitrogens is 1. The molecular weight excluding hydrogens is 216 g/mol. The van der Waals surface area contributed by atoms with E-state index >= 15 is 0 Å². The molecule has 2 rings (SSSR count). The molecule has 0 aliphatic heterocycles. The van der Waals surface area contributed by atoms with Crippen molar-refractivity contribution in [3.63, 3.8) is 0 Å². The fraction of sp³-hybridized carbons (Fsp3) is 0.385. The Hall–Kier alpha value is -1.84. The number of rotatable bonds is 4. The highest BCUT2D eigenvalue weighted by Crippen LogP contribution is 2.38. The molecule has 0 saturated heterocycles. The number of aryl methyl sites for hydroxylation is 1. The molecule has 4 nitrogen and oxygen atoms in total. The van der Waals surface area contributed by atoms with E-state index < -0.39 is 0 Å². The van der Waals surface area contributed by atoms with Crippen LogP contribution in [0.15, 0.2) is 23.5 Å². The van der Waals surface area contributed by atoms with Gasteiger partial charge in [-0.05, 0) is 43.4 Å². The molecule has 1 aliphatic rings. The van der Waals surface area contributed by atoms with E-state index in [-0.39, 0.29) is 18.0 Å². The lowest BCUT2D eigenvalue weighted by Gasteiger charge is -2.07. The lowest BCUT2D eigenvalue weighted by Crippen LogP contribution is -2.26. The fourth-order valence-electron chi connectivity index (χ4n) is 1.82. The quantitative estimate of drug-likeness (QED) is 0.770. The maximum Gasteiger partial charge on any atom is 0.253 e. The van der Waals surface area contributed by atoms with Gasteiger partial charge in [0.15, 0.2) is 0 Å². The summed E-state index contributed by atoms with van der Waals surface area (Å²) in [6, 6.07) is 2.01. The minimum Gasteiger partial charge on any atom is -0.348 e. The molecule has 0 bridgehead atoms. The number of nitrogens with one attached hydrogen (secondary N) is 2. The highest BCUT2D eigenvalue weighted by Gasteiger charge is 2.25. The Balaban J connectivity index is 2.19. The molecule has 2 N–H and O–H groups in total. The molecule has 1 aliphatic carbocycles. The Morgan fingerprint density at radius 2 is 2.35 bits per heavy atom. The van der Waals surface area contributed by atoms with Gasteiger partial charge < -0.3 is 10.3 Å². The second-order valence-corrected chi connectivity index (χ2v) is 4.41. The summed E-state index contributed by atoms with van der Waals surface area (Å²) in [5.74, 6) is 0.258. The number of aromatic amines is 1. The molecular formula is C13H16N2O2. The van der Waals surface area contributed by atoms with Crippen LogP contribution in [0.5, 0.6) is 0 Å². The van der Waals surface area contributed by atoms with Crippen molar-refractivity contribution in [3.8, 4) is 0 Å². The molecule has 1 heterocycles. The van der Waals surface area contributed by atoms with Crippen LogP contribution in [0.25, 0.3) is 0 Å². The van der Waals surface area contributed by atoms with Crippen molar-refractivity contribution in [1.82, 2.24) is 10.3 Å². The van der Waals surface area contributed by atoms with Crippen molar-refractivity contribution in [1.29, 1.82) is 0 Å². The molecule has 1 aromatic heterocycles. The maximum atomic E-state index is 11.9. The summed E-state index contributed by atoms with van der Waals surface area (Å²) in [6.45, 7) is 5.51. The predicted octanol–water partition coefficient (Wildman–Crippen LogP) is 1.36. The average molecular weight is 232 g/mol. The largest absolute Gasteiger partial charge is 0.348 e. The Kier molecular flexibility index (Phi) is 3.13. The second-order valence-electron chi connectivity index (χ2n) is 4.41. The third-order valence-corrected chi connectivity index (χ3v) is 3.02. The van der Waals surface area contributed by atoms with E-state index in [4.69, 9.17) is 0 Å². The highest BCUT2D eigenvalue weighted by molar-refractivity contribution is 5.86. The van der Waals surface area contributed by atoms with E-state index in [2.05, 4.69) is 16.9 Å². The van der Waals surface area contributed by atoms with Crippen LogP contribution in [-0.4, -0.2) is 10.9 Å². The standard InChI is InChI=1S/C13H16N2O2/c1-3-12(16)14-7-10-8(2)6-11(9-4-5-9)15-13(10)17/h3,6,9H,1,4-5,7H2,2H3,(H,14,16)(H,15,17). The first-order valence-electron chi connectivity index (χ1n) is 5.74. The van der Waals surface area contributed by atoms with Crippen molar-refractivity contribution < 1.29 is 4.79 Å². The van der Waals surface area contributed by atoms with Gasteiger partial charge in [0, 0.05) is 17.8 Å². The predicted molar refractivity (Wildman–Crippen MR) is 65.8 cm³/mol. The Bertz CT molecular complexity index is 513. The summed E-state index contributed by atoms with van der Waals surface area (Å²) in [5, 5.41) is 2.62. The number of carbonyl (C=O) groups excluding carboxylic acids is 1. The summed E-state index contributed by atoms with van der Waals surface area (Å²) in [6.07, 6.45) is 3.51. The Labute approximate surface area is 99.7 Å². The van der Waals surface area contributed by atoms with Crippen molar-refractivity contribution in [2.24, 2.45) is 0 Å². The van der Waals surface area contributed by atoms with Crippen LogP contribution >= 0.6 is 0 Å². The molecule has 17 heavy (non-hydrogen) atoms. The molecule has 0 radical (unpaired) electrons. The lowest BCUT2D eigenvalue weighted by atomic mass is 10.1. The average Bonchev–Trinajstić information content (AvgIpc) is 3.11. The number of H-pyrrole nitrogens is 1. The minimum absolute atomic E-state index is 0.101. The molecule has 1 saturated carbocycles. The van der Waals surface area contributed by atoms with Crippen molar-refractivity contribution in [2.75, 3.05) is 0 Å². The van der Waals surface area contributed by atoms with Crippen LogP contribution in [0, 0.1) is 6.92 Å². The van der Waals surface area contributed by atoms with Gasteiger partial charge in [0.25, 0.3) is 5.56 Å². The van der Waals surface area contributed by atoms with E-state index in [1.807, 2.05) is 13.0 Å². The zero-order chi connectivity index (χ0) is 12.4. The van der Waals surface area contributed by atoms with Gasteiger partial charge >= 0.3 is 0 Å². The molecule has 4 heteroatoms. The highest BCUT2D eigenvalue weighted by atomic mass is 16.1. The summed E-state index contributed by atoms with van der Waals surface area (Å²) in [4.78, 5) is 25.8. The van der Waals surface area contributed by atoms with Crippen LogP contribution in [0.3, 0.4) is 0 Å². The smallest absolute Gasteiger partial charge is 0.253 e. The molecule has 0 aromatic carbocycles. The summed E-state index contributed by atoms with van der Waals surface area (Å²) < 4.78 is 0. The zero-order valence-electron chi connectivity index (χ0n) is 9.88. The maximum absolute atomic E-state index is 11.9. The minimum atomic E-state index is -0.268. The first-order valence-corrected chi connectivity index (χ1v) is 5.74. The Morgan fingerprint density at radius 3 is 2.88 bits per heavy atom. The SMILES string of the molecule is C=CC(=O)NCc1c(C)cc(C2CC2)[nH]c1=O. The zero-order valence-corrected chi connectivity index (χ0v) is 9.88. The van der Waals surface area contributed by atoms with Crippen molar-refractivity contribution >= 4 is 5.91 Å². The van der Waals surface area contributed by atoms with Crippen LogP contribution in [0.4, 0.5) is 0 Å². The molecule has 0 unspecified atom stereocenters. The second kappa shape index (κ2) is 4.57. The number of amides is 1. The monoisotopic (exact) mass is 232 g/mol. The summed E-state index contributed by atoms with van der Waals surface area (Å²) in [5.41, 5.74) is 2.46. The lowest BCUT2D eigenvalue weighted by molar-refractivity contribution is -0.116. The van der Waals surface area contributed by atoms with Gasteiger partial charge in [0.1, 0.15) is 0 Å². The van der Waals surface area contributed by atoms with E-state index in [0.717, 1.165) is 24.1 Å². The number of hydrogen-bond donors (Lipinski definition) is 2. The van der Waals surface area contributed by atoms with Gasteiger partial charge in [0.05, 0.1) is 0 Å². The number of hydrogen-bond acceptors (Lipinski definition) is 2. The van der Waals surface area contributed by atoms with Crippen LogP contribution < -0.4 is 10.9 Å². The summed E-state index contributed by atoms with van der Waals surface area (Å²) >= 11 is 0. The molecule has 1 aromatic rings. The first-order chi connectivity index (χ1) is 8.11. The van der Waals surface area contributed by atoms with E-state index in [1.165, 1.54) is 6.08 Å². The van der Waals surface area contributed by atoms with Gasteiger partial charge in [0.2, 0.25) is 5.91 Å². The third-order valence-electron chi connectivity index (χ3n) is 3.02. The van der Waals surface area contributed by atoms with Crippen LogP contribution in [-0.2, 0) is 11.3 Å².